The molecule has 0 aliphatic carbocycles. The number of rotatable bonds is 6. The van der Waals surface area contributed by atoms with Crippen LogP contribution in [0.5, 0.6) is 0 Å². The SMILES string of the molecule is CCCCC(C(=O)OC)C(C)C(=O)OC. The van der Waals surface area contributed by atoms with Crippen molar-refractivity contribution in [3.05, 3.63) is 0 Å². The summed E-state index contributed by atoms with van der Waals surface area (Å²) in [5.41, 5.74) is 0. The third-order valence-corrected chi connectivity index (χ3v) is 2.55. The second kappa shape index (κ2) is 7.26. The van der Waals surface area contributed by atoms with Crippen molar-refractivity contribution < 1.29 is 19.1 Å². The molecule has 2 atom stereocenters. The fourth-order valence-electron chi connectivity index (χ4n) is 1.50. The summed E-state index contributed by atoms with van der Waals surface area (Å²) in [5.74, 6) is -1.51. The van der Waals surface area contributed by atoms with E-state index in [0.29, 0.717) is 6.42 Å². The fraction of sp³-hybridized carbons (Fsp3) is 0.818. The highest BCUT2D eigenvalue weighted by molar-refractivity contribution is 5.81. The van der Waals surface area contributed by atoms with E-state index in [1.165, 1.54) is 14.2 Å². The Hall–Kier alpha value is -1.06. The molecule has 0 aromatic heterocycles. The maximum atomic E-state index is 11.4. The monoisotopic (exact) mass is 216 g/mol. The Morgan fingerprint density at radius 3 is 2.07 bits per heavy atom. The van der Waals surface area contributed by atoms with Crippen LogP contribution in [0.3, 0.4) is 0 Å². The smallest absolute Gasteiger partial charge is 0.309 e. The molecule has 0 amide bonds. The first-order chi connectivity index (χ1) is 7.08. The molecule has 15 heavy (non-hydrogen) atoms. The van der Waals surface area contributed by atoms with Gasteiger partial charge >= 0.3 is 11.9 Å². The zero-order valence-electron chi connectivity index (χ0n) is 9.91. The first kappa shape index (κ1) is 13.9. The summed E-state index contributed by atoms with van der Waals surface area (Å²) in [5, 5.41) is 0. The van der Waals surface area contributed by atoms with Crippen LogP contribution in [-0.2, 0) is 19.1 Å². The Bertz CT molecular complexity index is 213. The van der Waals surface area contributed by atoms with Crippen LogP contribution in [0, 0.1) is 11.8 Å². The second-order valence-electron chi connectivity index (χ2n) is 3.58. The van der Waals surface area contributed by atoms with E-state index in [2.05, 4.69) is 9.47 Å². The van der Waals surface area contributed by atoms with Crippen molar-refractivity contribution in [3.8, 4) is 0 Å². The van der Waals surface area contributed by atoms with E-state index >= 15 is 0 Å². The minimum Gasteiger partial charge on any atom is -0.469 e. The van der Waals surface area contributed by atoms with Gasteiger partial charge < -0.3 is 9.47 Å². The maximum Gasteiger partial charge on any atom is 0.309 e. The number of methoxy groups -OCH3 is 2. The van der Waals surface area contributed by atoms with Gasteiger partial charge in [0.15, 0.2) is 0 Å². The molecule has 88 valence electrons. The lowest BCUT2D eigenvalue weighted by molar-refractivity contribution is -0.157. The van der Waals surface area contributed by atoms with E-state index < -0.39 is 5.92 Å². The van der Waals surface area contributed by atoms with Gasteiger partial charge in [0.05, 0.1) is 26.1 Å². The molecular weight excluding hydrogens is 196 g/mol. The molecule has 2 unspecified atom stereocenters. The van der Waals surface area contributed by atoms with Crippen LogP contribution < -0.4 is 0 Å². The summed E-state index contributed by atoms with van der Waals surface area (Å²) in [6, 6.07) is 0. The molecule has 0 fully saturated rings. The number of ether oxygens (including phenoxy) is 2. The molecule has 0 aromatic rings. The fourth-order valence-corrected chi connectivity index (χ4v) is 1.50. The van der Waals surface area contributed by atoms with Gasteiger partial charge in [-0.15, -0.1) is 0 Å². The Morgan fingerprint density at radius 2 is 1.67 bits per heavy atom. The molecule has 0 bridgehead atoms. The number of hydrogen-bond acceptors (Lipinski definition) is 4. The molecular formula is C11H20O4. The number of unbranched alkanes of at least 4 members (excludes halogenated alkanes) is 1. The van der Waals surface area contributed by atoms with Crippen molar-refractivity contribution in [2.45, 2.75) is 33.1 Å². The minimum absolute atomic E-state index is 0.332. The predicted octanol–water partition coefficient (Wildman–Crippen LogP) is 1.77. The summed E-state index contributed by atoms with van der Waals surface area (Å²) in [6.45, 7) is 3.74. The van der Waals surface area contributed by atoms with E-state index in [1.54, 1.807) is 6.92 Å². The number of carbonyl (C=O) groups is 2. The molecule has 4 heteroatoms. The van der Waals surface area contributed by atoms with Gasteiger partial charge in [0.25, 0.3) is 0 Å². The van der Waals surface area contributed by atoms with Crippen LogP contribution in [-0.4, -0.2) is 26.2 Å². The molecule has 0 aliphatic rings. The van der Waals surface area contributed by atoms with Gasteiger partial charge in [0.2, 0.25) is 0 Å². The lowest BCUT2D eigenvalue weighted by Crippen LogP contribution is -2.29. The average molecular weight is 216 g/mol. The Balaban J connectivity index is 4.46. The zero-order chi connectivity index (χ0) is 11.8. The molecule has 0 heterocycles. The molecule has 0 aromatic carbocycles. The third kappa shape index (κ3) is 4.32. The third-order valence-electron chi connectivity index (χ3n) is 2.55. The van der Waals surface area contributed by atoms with Crippen LogP contribution in [0.15, 0.2) is 0 Å². The molecule has 0 N–H and O–H groups in total. The maximum absolute atomic E-state index is 11.4. The summed E-state index contributed by atoms with van der Waals surface area (Å²) in [6.07, 6.45) is 2.56. The topological polar surface area (TPSA) is 52.6 Å². The van der Waals surface area contributed by atoms with Crippen molar-refractivity contribution in [1.82, 2.24) is 0 Å². The minimum atomic E-state index is -0.436. The van der Waals surface area contributed by atoms with Gasteiger partial charge in [0, 0.05) is 0 Å². The van der Waals surface area contributed by atoms with Crippen LogP contribution >= 0.6 is 0 Å². The predicted molar refractivity (Wildman–Crippen MR) is 56.2 cm³/mol. The molecule has 0 rings (SSSR count). The van der Waals surface area contributed by atoms with Crippen LogP contribution in [0.2, 0.25) is 0 Å². The molecule has 4 nitrogen and oxygen atoms in total. The highest BCUT2D eigenvalue weighted by Crippen LogP contribution is 2.21. The molecule has 0 saturated heterocycles. The standard InChI is InChI=1S/C11H20O4/c1-5-6-7-9(11(13)15-4)8(2)10(12)14-3/h8-9H,5-7H2,1-4H3. The summed E-state index contributed by atoms with van der Waals surface area (Å²) in [4.78, 5) is 22.8. The first-order valence-electron chi connectivity index (χ1n) is 5.24. The van der Waals surface area contributed by atoms with E-state index in [4.69, 9.17) is 0 Å². The Kier molecular flexibility index (Phi) is 6.75. The normalized spacial score (nSPS) is 14.1. The largest absolute Gasteiger partial charge is 0.469 e. The van der Waals surface area contributed by atoms with Crippen molar-refractivity contribution in [2.75, 3.05) is 14.2 Å². The van der Waals surface area contributed by atoms with Crippen LogP contribution in [0.1, 0.15) is 33.1 Å². The van der Waals surface area contributed by atoms with Gasteiger partial charge in [0.1, 0.15) is 0 Å². The molecule has 0 radical (unpaired) electrons. The van der Waals surface area contributed by atoms with Gasteiger partial charge in [-0.2, -0.15) is 0 Å². The second-order valence-corrected chi connectivity index (χ2v) is 3.58. The van der Waals surface area contributed by atoms with Crippen LogP contribution in [0.4, 0.5) is 0 Å². The Labute approximate surface area is 90.9 Å². The quantitative estimate of drug-likeness (QED) is 0.635. The van der Waals surface area contributed by atoms with E-state index in [1.807, 2.05) is 6.92 Å². The highest BCUT2D eigenvalue weighted by atomic mass is 16.5. The van der Waals surface area contributed by atoms with Crippen molar-refractivity contribution in [1.29, 1.82) is 0 Å². The molecule has 0 saturated carbocycles. The van der Waals surface area contributed by atoms with Gasteiger partial charge in [-0.25, -0.2) is 0 Å². The number of esters is 2. The van der Waals surface area contributed by atoms with E-state index in [-0.39, 0.29) is 17.9 Å². The van der Waals surface area contributed by atoms with Crippen molar-refractivity contribution >= 4 is 11.9 Å². The molecule has 0 aliphatic heterocycles. The van der Waals surface area contributed by atoms with Crippen molar-refractivity contribution in [3.63, 3.8) is 0 Å². The van der Waals surface area contributed by atoms with Crippen molar-refractivity contribution in [2.24, 2.45) is 11.8 Å². The average Bonchev–Trinajstić information content (AvgIpc) is 2.27. The molecule has 0 spiro atoms. The van der Waals surface area contributed by atoms with Gasteiger partial charge in [-0.1, -0.05) is 26.7 Å². The van der Waals surface area contributed by atoms with Crippen LogP contribution in [0.25, 0.3) is 0 Å². The summed E-state index contributed by atoms with van der Waals surface area (Å²) in [7, 11) is 2.66. The number of hydrogen-bond donors (Lipinski definition) is 0. The zero-order valence-corrected chi connectivity index (χ0v) is 9.91. The Morgan fingerprint density at radius 1 is 1.13 bits per heavy atom. The highest BCUT2D eigenvalue weighted by Gasteiger charge is 2.30. The van der Waals surface area contributed by atoms with E-state index in [0.717, 1.165) is 12.8 Å². The number of carbonyl (C=O) groups excluding carboxylic acids is 2. The lowest BCUT2D eigenvalue weighted by Gasteiger charge is -2.19. The summed E-state index contributed by atoms with van der Waals surface area (Å²) < 4.78 is 9.30. The van der Waals surface area contributed by atoms with E-state index in [9.17, 15) is 9.59 Å². The lowest BCUT2D eigenvalue weighted by atomic mass is 9.89. The van der Waals surface area contributed by atoms with Gasteiger partial charge in [-0.3, -0.25) is 9.59 Å². The summed E-state index contributed by atoms with van der Waals surface area (Å²) >= 11 is 0. The van der Waals surface area contributed by atoms with Gasteiger partial charge in [-0.05, 0) is 6.42 Å². The first-order valence-corrected chi connectivity index (χ1v) is 5.24.